The number of ether oxygens (including phenoxy) is 1. The average Bonchev–Trinajstić information content (AvgIpc) is 2.56. The van der Waals surface area contributed by atoms with Crippen molar-refractivity contribution < 1.29 is 4.74 Å². The number of aryl methyl sites for hydroxylation is 2. The molecule has 24 heavy (non-hydrogen) atoms. The Kier molecular flexibility index (Phi) is 4.40. The molecule has 126 valence electrons. The lowest BCUT2D eigenvalue weighted by Gasteiger charge is -2.22. The summed E-state index contributed by atoms with van der Waals surface area (Å²) in [6.45, 7) is 14.0. The Labute approximate surface area is 144 Å². The lowest BCUT2D eigenvalue weighted by atomic mass is 9.95. The fourth-order valence-electron chi connectivity index (χ4n) is 3.43. The minimum absolute atomic E-state index is 0.910. The maximum Gasteiger partial charge on any atom is 0.137 e. The fraction of sp³-hybridized carbons (Fsp3) is 0.364. The van der Waals surface area contributed by atoms with Crippen molar-refractivity contribution >= 4 is 16.8 Å². The van der Waals surface area contributed by atoms with Crippen LogP contribution in [-0.2, 0) is 0 Å². The molecule has 1 aliphatic heterocycles. The first kappa shape index (κ1) is 16.6. The van der Waals surface area contributed by atoms with Crippen molar-refractivity contribution in [2.24, 2.45) is 0 Å². The maximum absolute atomic E-state index is 6.31. The number of anilines is 1. The van der Waals surface area contributed by atoms with Gasteiger partial charge in [-0.25, -0.2) is 0 Å². The molecule has 0 unspecified atom stereocenters. The van der Waals surface area contributed by atoms with E-state index >= 15 is 0 Å². The maximum atomic E-state index is 6.31. The van der Waals surface area contributed by atoms with Gasteiger partial charge in [0, 0.05) is 29.1 Å². The van der Waals surface area contributed by atoms with Gasteiger partial charge < -0.3 is 10.1 Å². The second-order valence-electron chi connectivity index (χ2n) is 6.72. The molecule has 0 aromatic heterocycles. The van der Waals surface area contributed by atoms with Crippen molar-refractivity contribution in [3.63, 3.8) is 0 Å². The SMILES string of the molecule is CCNc1cc2c(cc1C)C(C)=c1cc(C)/c(=C(\C)CC)cc1O2. The van der Waals surface area contributed by atoms with Crippen LogP contribution in [0.1, 0.15) is 50.8 Å². The molecule has 0 radical (unpaired) electrons. The van der Waals surface area contributed by atoms with Crippen LogP contribution in [-0.4, -0.2) is 6.54 Å². The molecule has 0 saturated carbocycles. The summed E-state index contributed by atoms with van der Waals surface area (Å²) in [5, 5.41) is 5.94. The average molecular weight is 321 g/mol. The van der Waals surface area contributed by atoms with Gasteiger partial charge in [-0.1, -0.05) is 12.5 Å². The van der Waals surface area contributed by atoms with Crippen molar-refractivity contribution in [3.8, 4) is 11.5 Å². The van der Waals surface area contributed by atoms with E-state index in [2.05, 4.69) is 71.1 Å². The highest BCUT2D eigenvalue weighted by atomic mass is 16.5. The predicted octanol–water partition coefficient (Wildman–Crippen LogP) is 4.64. The molecule has 0 spiro atoms. The van der Waals surface area contributed by atoms with E-state index in [0.29, 0.717) is 0 Å². The van der Waals surface area contributed by atoms with Crippen LogP contribution in [0.5, 0.6) is 11.5 Å². The summed E-state index contributed by atoms with van der Waals surface area (Å²) in [6.07, 6.45) is 1.06. The van der Waals surface area contributed by atoms with Gasteiger partial charge >= 0.3 is 0 Å². The van der Waals surface area contributed by atoms with Gasteiger partial charge in [-0.05, 0) is 81.2 Å². The molecule has 3 rings (SSSR count). The molecule has 1 aliphatic rings. The Balaban J connectivity index is 2.27. The highest BCUT2D eigenvalue weighted by Crippen LogP contribution is 2.36. The Hall–Kier alpha value is -2.22. The van der Waals surface area contributed by atoms with Gasteiger partial charge in [0.2, 0.25) is 0 Å². The zero-order valence-corrected chi connectivity index (χ0v) is 15.6. The molecule has 0 atom stereocenters. The Morgan fingerprint density at radius 3 is 2.38 bits per heavy atom. The van der Waals surface area contributed by atoms with Crippen molar-refractivity contribution in [1.82, 2.24) is 0 Å². The number of fused-ring (bicyclic) bond motifs is 2. The van der Waals surface area contributed by atoms with Gasteiger partial charge in [0.1, 0.15) is 11.5 Å². The normalized spacial score (nSPS) is 13.8. The van der Waals surface area contributed by atoms with Crippen molar-refractivity contribution in [3.05, 3.63) is 51.4 Å². The Morgan fingerprint density at radius 1 is 0.958 bits per heavy atom. The van der Waals surface area contributed by atoms with Gasteiger partial charge in [-0.3, -0.25) is 0 Å². The van der Waals surface area contributed by atoms with Crippen LogP contribution >= 0.6 is 0 Å². The summed E-state index contributed by atoms with van der Waals surface area (Å²) < 4.78 is 6.31. The number of nitrogens with one attached hydrogen (secondary N) is 1. The van der Waals surface area contributed by atoms with Crippen LogP contribution in [0, 0.1) is 13.8 Å². The monoisotopic (exact) mass is 321 g/mol. The molecule has 2 aromatic carbocycles. The first-order chi connectivity index (χ1) is 11.5. The largest absolute Gasteiger partial charge is 0.456 e. The summed E-state index contributed by atoms with van der Waals surface area (Å²) in [7, 11) is 0. The van der Waals surface area contributed by atoms with E-state index in [9.17, 15) is 0 Å². The van der Waals surface area contributed by atoms with Gasteiger partial charge in [-0.15, -0.1) is 0 Å². The number of hydrogen-bond donors (Lipinski definition) is 1. The molecule has 2 aromatic rings. The smallest absolute Gasteiger partial charge is 0.137 e. The molecule has 0 aliphatic carbocycles. The lowest BCUT2D eigenvalue weighted by molar-refractivity contribution is 0.471. The quantitative estimate of drug-likeness (QED) is 0.889. The zero-order valence-electron chi connectivity index (χ0n) is 15.6. The fourth-order valence-corrected chi connectivity index (χ4v) is 3.43. The van der Waals surface area contributed by atoms with E-state index in [4.69, 9.17) is 4.74 Å². The highest BCUT2D eigenvalue weighted by Gasteiger charge is 2.18. The van der Waals surface area contributed by atoms with Crippen LogP contribution < -0.4 is 20.5 Å². The van der Waals surface area contributed by atoms with Crippen LogP contribution in [0.4, 0.5) is 5.69 Å². The summed E-state index contributed by atoms with van der Waals surface area (Å²) in [6, 6.07) is 8.85. The van der Waals surface area contributed by atoms with Crippen molar-refractivity contribution in [1.29, 1.82) is 0 Å². The third-order valence-electron chi connectivity index (χ3n) is 5.04. The minimum atomic E-state index is 0.910. The Bertz CT molecular complexity index is 922. The highest BCUT2D eigenvalue weighted by molar-refractivity contribution is 5.77. The molecule has 1 N–H and O–H groups in total. The van der Waals surface area contributed by atoms with E-state index < -0.39 is 0 Å². The molecule has 1 heterocycles. The third-order valence-corrected chi connectivity index (χ3v) is 5.04. The number of benzene rings is 2. The molecular weight excluding hydrogens is 294 g/mol. The standard InChI is InChI=1S/C22H27NO/c1-7-13(3)17-11-21-18(9-14(17)4)16(6)19-10-15(5)20(23-8-2)12-22(19)24-21/h9-12,23H,7-8H2,1-6H3/b17-13+. The van der Waals surface area contributed by atoms with E-state index in [1.165, 1.54) is 38.3 Å². The number of rotatable bonds is 3. The van der Waals surface area contributed by atoms with Gasteiger partial charge in [-0.2, -0.15) is 0 Å². The first-order valence-corrected chi connectivity index (χ1v) is 8.84. The van der Waals surface area contributed by atoms with Gasteiger partial charge in [0.15, 0.2) is 0 Å². The van der Waals surface area contributed by atoms with Crippen molar-refractivity contribution in [2.75, 3.05) is 11.9 Å². The summed E-state index contributed by atoms with van der Waals surface area (Å²) in [5.41, 5.74) is 7.62. The minimum Gasteiger partial charge on any atom is -0.456 e. The topological polar surface area (TPSA) is 21.3 Å². The second kappa shape index (κ2) is 6.35. The third kappa shape index (κ3) is 2.71. The van der Waals surface area contributed by atoms with Crippen LogP contribution in [0.25, 0.3) is 11.1 Å². The summed E-state index contributed by atoms with van der Waals surface area (Å²) in [5.74, 6) is 1.92. The molecule has 2 heteroatoms. The summed E-state index contributed by atoms with van der Waals surface area (Å²) >= 11 is 0. The van der Waals surface area contributed by atoms with E-state index in [1.807, 2.05) is 0 Å². The van der Waals surface area contributed by atoms with E-state index in [-0.39, 0.29) is 0 Å². The number of hydrogen-bond acceptors (Lipinski definition) is 2. The second-order valence-corrected chi connectivity index (χ2v) is 6.72. The van der Waals surface area contributed by atoms with Crippen LogP contribution in [0.2, 0.25) is 0 Å². The van der Waals surface area contributed by atoms with Crippen LogP contribution in [0.15, 0.2) is 24.3 Å². The molecule has 2 nitrogen and oxygen atoms in total. The zero-order chi connectivity index (χ0) is 17.4. The van der Waals surface area contributed by atoms with Crippen molar-refractivity contribution in [2.45, 2.75) is 48.0 Å². The molecule has 0 bridgehead atoms. The lowest BCUT2D eigenvalue weighted by Crippen LogP contribution is -2.21. The Morgan fingerprint density at radius 2 is 1.71 bits per heavy atom. The predicted molar refractivity (Wildman–Crippen MR) is 103 cm³/mol. The van der Waals surface area contributed by atoms with Gasteiger partial charge in [0.05, 0.1) is 0 Å². The first-order valence-electron chi connectivity index (χ1n) is 8.84. The molecule has 0 amide bonds. The van der Waals surface area contributed by atoms with E-state index in [0.717, 1.165) is 30.2 Å². The van der Waals surface area contributed by atoms with Gasteiger partial charge in [0.25, 0.3) is 0 Å². The summed E-state index contributed by atoms with van der Waals surface area (Å²) in [4.78, 5) is 0. The van der Waals surface area contributed by atoms with E-state index in [1.54, 1.807) is 0 Å². The molecule has 0 fully saturated rings. The molecular formula is C22H27NO. The molecule has 0 saturated heterocycles. The van der Waals surface area contributed by atoms with Crippen LogP contribution in [0.3, 0.4) is 0 Å².